The van der Waals surface area contributed by atoms with Crippen LogP contribution in [-0.4, -0.2) is 34.0 Å². The lowest BCUT2D eigenvalue weighted by Crippen LogP contribution is -2.18. The van der Waals surface area contributed by atoms with Gasteiger partial charge in [-0.15, -0.1) is 0 Å². The first-order chi connectivity index (χ1) is 9.17. The van der Waals surface area contributed by atoms with Crippen LogP contribution in [0.4, 0.5) is 0 Å². The number of nitrogens with one attached hydrogen (secondary N) is 1. The van der Waals surface area contributed by atoms with Crippen molar-refractivity contribution in [3.63, 3.8) is 0 Å². The molecule has 1 aromatic rings. The van der Waals surface area contributed by atoms with Crippen LogP contribution >= 0.6 is 0 Å². The molecule has 1 rings (SSSR count). The van der Waals surface area contributed by atoms with Crippen molar-refractivity contribution in [3.8, 4) is 11.5 Å². The van der Waals surface area contributed by atoms with Crippen molar-refractivity contribution in [2.45, 2.75) is 20.4 Å². The van der Waals surface area contributed by atoms with E-state index in [1.165, 1.54) is 5.56 Å². The lowest BCUT2D eigenvalue weighted by Gasteiger charge is -2.14. The summed E-state index contributed by atoms with van der Waals surface area (Å²) in [5, 5.41) is 3.31. The second-order valence-electron chi connectivity index (χ2n) is 4.86. The van der Waals surface area contributed by atoms with Crippen molar-refractivity contribution in [2.75, 3.05) is 34.0 Å². The number of hydrogen-bond donors (Lipinski definition) is 1. The van der Waals surface area contributed by atoms with Crippen LogP contribution in [0.5, 0.6) is 11.5 Å². The smallest absolute Gasteiger partial charge is 0.161 e. The highest BCUT2D eigenvalue weighted by atomic mass is 16.5. The molecule has 1 aromatic carbocycles. The molecule has 0 saturated heterocycles. The summed E-state index contributed by atoms with van der Waals surface area (Å²) in [6.45, 7) is 7.30. The van der Waals surface area contributed by atoms with Crippen molar-refractivity contribution >= 4 is 0 Å². The van der Waals surface area contributed by atoms with Crippen LogP contribution in [0, 0.1) is 5.92 Å². The molecule has 0 spiro atoms. The summed E-state index contributed by atoms with van der Waals surface area (Å²) in [6, 6.07) is 6.02. The average molecular weight is 267 g/mol. The van der Waals surface area contributed by atoms with Gasteiger partial charge in [0, 0.05) is 20.2 Å². The molecule has 0 fully saturated rings. The van der Waals surface area contributed by atoms with Crippen LogP contribution in [0.25, 0.3) is 0 Å². The Balaban J connectivity index is 2.60. The molecule has 4 heteroatoms. The Morgan fingerprint density at radius 3 is 2.58 bits per heavy atom. The van der Waals surface area contributed by atoms with Gasteiger partial charge in [-0.2, -0.15) is 0 Å². The standard InChI is InChI=1S/C15H25NO3/c1-12(2)11-19-15-9-13(5-6-14(15)18-4)10-16-7-8-17-3/h5-6,9,12,16H,7-8,10-11H2,1-4H3. The van der Waals surface area contributed by atoms with Gasteiger partial charge < -0.3 is 19.5 Å². The molecule has 0 unspecified atom stereocenters. The fraction of sp³-hybridized carbons (Fsp3) is 0.600. The summed E-state index contributed by atoms with van der Waals surface area (Å²) in [5.74, 6) is 2.08. The zero-order valence-corrected chi connectivity index (χ0v) is 12.4. The number of methoxy groups -OCH3 is 2. The summed E-state index contributed by atoms with van der Waals surface area (Å²) < 4.78 is 16.1. The monoisotopic (exact) mass is 267 g/mol. The Kier molecular flexibility index (Phi) is 7.30. The third-order valence-corrected chi connectivity index (χ3v) is 2.61. The van der Waals surface area contributed by atoms with Gasteiger partial charge in [-0.25, -0.2) is 0 Å². The van der Waals surface area contributed by atoms with E-state index >= 15 is 0 Å². The third-order valence-electron chi connectivity index (χ3n) is 2.61. The zero-order chi connectivity index (χ0) is 14.1. The molecule has 0 bridgehead atoms. The minimum Gasteiger partial charge on any atom is -0.493 e. The van der Waals surface area contributed by atoms with Gasteiger partial charge in [0.1, 0.15) is 0 Å². The number of ether oxygens (including phenoxy) is 3. The molecule has 0 atom stereocenters. The van der Waals surface area contributed by atoms with Crippen molar-refractivity contribution in [1.29, 1.82) is 0 Å². The van der Waals surface area contributed by atoms with Crippen LogP contribution < -0.4 is 14.8 Å². The van der Waals surface area contributed by atoms with E-state index in [9.17, 15) is 0 Å². The molecule has 0 heterocycles. The van der Waals surface area contributed by atoms with Crippen molar-refractivity contribution in [3.05, 3.63) is 23.8 Å². The summed E-state index contributed by atoms with van der Waals surface area (Å²) in [6.07, 6.45) is 0. The molecule has 19 heavy (non-hydrogen) atoms. The fourth-order valence-corrected chi connectivity index (χ4v) is 1.61. The topological polar surface area (TPSA) is 39.7 Å². The van der Waals surface area contributed by atoms with E-state index in [0.29, 0.717) is 19.1 Å². The van der Waals surface area contributed by atoms with Crippen molar-refractivity contribution in [2.24, 2.45) is 5.92 Å². The summed E-state index contributed by atoms with van der Waals surface area (Å²) in [5.41, 5.74) is 1.18. The van der Waals surface area contributed by atoms with E-state index in [1.54, 1.807) is 14.2 Å². The molecule has 4 nitrogen and oxygen atoms in total. The van der Waals surface area contributed by atoms with Gasteiger partial charge in [0.15, 0.2) is 11.5 Å². The minimum atomic E-state index is 0.494. The summed E-state index contributed by atoms with van der Waals surface area (Å²) >= 11 is 0. The number of hydrogen-bond acceptors (Lipinski definition) is 4. The van der Waals surface area contributed by atoms with E-state index in [-0.39, 0.29) is 0 Å². The Morgan fingerprint density at radius 1 is 1.16 bits per heavy atom. The SMILES string of the molecule is COCCNCc1ccc(OC)c(OCC(C)C)c1. The quantitative estimate of drug-likeness (QED) is 0.698. The van der Waals surface area contributed by atoms with Crippen LogP contribution in [0.2, 0.25) is 0 Å². The van der Waals surface area contributed by atoms with E-state index in [0.717, 1.165) is 24.6 Å². The highest BCUT2D eigenvalue weighted by Crippen LogP contribution is 2.28. The normalized spacial score (nSPS) is 10.8. The maximum Gasteiger partial charge on any atom is 0.161 e. The van der Waals surface area contributed by atoms with Gasteiger partial charge in [0.25, 0.3) is 0 Å². The fourth-order valence-electron chi connectivity index (χ4n) is 1.61. The molecule has 0 radical (unpaired) electrons. The third kappa shape index (κ3) is 5.94. The van der Waals surface area contributed by atoms with E-state index in [1.807, 2.05) is 18.2 Å². The molecule has 0 amide bonds. The van der Waals surface area contributed by atoms with Gasteiger partial charge in [0.05, 0.1) is 20.3 Å². The first-order valence-corrected chi connectivity index (χ1v) is 6.66. The van der Waals surface area contributed by atoms with Crippen molar-refractivity contribution in [1.82, 2.24) is 5.32 Å². The molecule has 0 aliphatic rings. The largest absolute Gasteiger partial charge is 0.493 e. The summed E-state index contributed by atoms with van der Waals surface area (Å²) in [7, 11) is 3.36. The Bertz CT molecular complexity index is 366. The predicted octanol–water partition coefficient (Wildman–Crippen LogP) is 2.47. The maximum atomic E-state index is 5.78. The van der Waals surface area contributed by atoms with E-state index in [4.69, 9.17) is 14.2 Å². The van der Waals surface area contributed by atoms with Crippen LogP contribution in [0.1, 0.15) is 19.4 Å². The van der Waals surface area contributed by atoms with Gasteiger partial charge in [0.2, 0.25) is 0 Å². The molecule has 0 aliphatic carbocycles. The van der Waals surface area contributed by atoms with Gasteiger partial charge in [-0.3, -0.25) is 0 Å². The van der Waals surface area contributed by atoms with Gasteiger partial charge in [-0.05, 0) is 23.6 Å². The highest BCUT2D eigenvalue weighted by Gasteiger charge is 2.06. The number of benzene rings is 1. The lowest BCUT2D eigenvalue weighted by atomic mass is 10.2. The second kappa shape index (κ2) is 8.77. The Labute approximate surface area is 116 Å². The molecule has 108 valence electrons. The molecule has 0 saturated carbocycles. The second-order valence-corrected chi connectivity index (χ2v) is 4.86. The zero-order valence-electron chi connectivity index (χ0n) is 12.4. The van der Waals surface area contributed by atoms with Gasteiger partial charge >= 0.3 is 0 Å². The lowest BCUT2D eigenvalue weighted by molar-refractivity contribution is 0.199. The number of rotatable bonds is 9. The molecular formula is C15H25NO3. The maximum absolute atomic E-state index is 5.78. The van der Waals surface area contributed by atoms with Gasteiger partial charge in [-0.1, -0.05) is 19.9 Å². The highest BCUT2D eigenvalue weighted by molar-refractivity contribution is 5.42. The predicted molar refractivity (Wildman–Crippen MR) is 76.9 cm³/mol. The Hall–Kier alpha value is -1.26. The first-order valence-electron chi connectivity index (χ1n) is 6.66. The Morgan fingerprint density at radius 2 is 1.95 bits per heavy atom. The molecular weight excluding hydrogens is 242 g/mol. The first kappa shape index (κ1) is 15.8. The van der Waals surface area contributed by atoms with Crippen LogP contribution in [0.15, 0.2) is 18.2 Å². The van der Waals surface area contributed by atoms with Crippen molar-refractivity contribution < 1.29 is 14.2 Å². The van der Waals surface area contributed by atoms with Crippen LogP contribution in [0.3, 0.4) is 0 Å². The molecule has 1 N–H and O–H groups in total. The average Bonchev–Trinajstić information content (AvgIpc) is 2.41. The van der Waals surface area contributed by atoms with E-state index < -0.39 is 0 Å². The van der Waals surface area contributed by atoms with Crippen LogP contribution in [-0.2, 0) is 11.3 Å². The molecule has 0 aromatic heterocycles. The molecule has 0 aliphatic heterocycles. The van der Waals surface area contributed by atoms with E-state index in [2.05, 4.69) is 19.2 Å². The summed E-state index contributed by atoms with van der Waals surface area (Å²) in [4.78, 5) is 0. The minimum absolute atomic E-state index is 0.494.